The van der Waals surface area contributed by atoms with Crippen LogP contribution < -0.4 is 0 Å². The van der Waals surface area contributed by atoms with Gasteiger partial charge in [-0.2, -0.15) is 0 Å². The summed E-state index contributed by atoms with van der Waals surface area (Å²) in [5.74, 6) is -0.954. The Labute approximate surface area is 159 Å². The Kier molecular flexibility index (Phi) is 8.45. The molecule has 0 aromatic heterocycles. The number of aliphatic hydroxyl groups is 1. The molecular weight excluding hydrogens is 349 g/mol. The van der Waals surface area contributed by atoms with Crippen LogP contribution in [-0.2, 0) is 16.0 Å². The molecule has 0 unspecified atom stereocenters. The van der Waals surface area contributed by atoms with Crippen LogP contribution in [0.5, 0.6) is 0 Å². The third kappa shape index (κ3) is 7.51. The van der Waals surface area contributed by atoms with Crippen LogP contribution in [0.1, 0.15) is 50.5 Å². The summed E-state index contributed by atoms with van der Waals surface area (Å²) < 4.78 is 12.9. The number of amides is 1. The number of hydrogen-bond acceptors (Lipinski definition) is 3. The van der Waals surface area contributed by atoms with Crippen LogP contribution in [0.2, 0.25) is 0 Å². The zero-order valence-electron chi connectivity index (χ0n) is 15.5. The number of likely N-dealkylation sites (tertiary alicyclic amines) is 1. The van der Waals surface area contributed by atoms with Crippen LogP contribution in [0.15, 0.2) is 36.4 Å². The number of carboxylic acids is 1. The molecule has 1 saturated heterocycles. The molecule has 0 saturated carbocycles. The molecule has 0 spiro atoms. The number of unbranched alkanes of at least 4 members (excludes halogenated alkanes) is 1. The quantitative estimate of drug-likeness (QED) is 0.458. The Balaban J connectivity index is 1.73. The first-order valence-electron chi connectivity index (χ1n) is 9.54. The zero-order valence-corrected chi connectivity index (χ0v) is 15.5. The minimum Gasteiger partial charge on any atom is -0.481 e. The first-order valence-corrected chi connectivity index (χ1v) is 9.54. The van der Waals surface area contributed by atoms with Crippen molar-refractivity contribution in [2.45, 2.75) is 63.5 Å². The van der Waals surface area contributed by atoms with E-state index in [1.54, 1.807) is 12.1 Å². The maximum Gasteiger partial charge on any atom is 0.303 e. The van der Waals surface area contributed by atoms with Crippen molar-refractivity contribution in [3.63, 3.8) is 0 Å². The lowest BCUT2D eigenvalue weighted by Crippen LogP contribution is -2.33. The standard InChI is InChI=1S/C21H28FNO4/c22-17-8-6-16(7-9-17)15-19(24)12-10-18-11-13-20(25)23(18)14-4-2-1-3-5-21(26)27/h2,4,6-9,18-19,24H,1,3,5,10-15H2,(H,26,27)/t18-,19+/m0/s1. The molecule has 0 aliphatic carbocycles. The summed E-state index contributed by atoms with van der Waals surface area (Å²) in [7, 11) is 0. The maximum absolute atomic E-state index is 12.9. The molecule has 2 N–H and O–H groups in total. The van der Waals surface area contributed by atoms with Gasteiger partial charge in [0, 0.05) is 25.4 Å². The number of hydrogen-bond donors (Lipinski definition) is 2. The second-order valence-electron chi connectivity index (χ2n) is 7.06. The van der Waals surface area contributed by atoms with Gasteiger partial charge in [-0.05, 0) is 56.2 Å². The lowest BCUT2D eigenvalue weighted by molar-refractivity contribution is -0.137. The monoisotopic (exact) mass is 377 g/mol. The topological polar surface area (TPSA) is 77.8 Å². The summed E-state index contributed by atoms with van der Waals surface area (Å²) in [5.41, 5.74) is 0.896. The van der Waals surface area contributed by atoms with E-state index in [0.717, 1.165) is 18.4 Å². The van der Waals surface area contributed by atoms with Crippen molar-refractivity contribution < 1.29 is 24.2 Å². The number of aliphatic hydroxyl groups excluding tert-OH is 1. The molecule has 1 amide bonds. The van der Waals surface area contributed by atoms with Crippen LogP contribution in [0.25, 0.3) is 0 Å². The molecule has 27 heavy (non-hydrogen) atoms. The van der Waals surface area contributed by atoms with Crippen molar-refractivity contribution in [1.29, 1.82) is 0 Å². The van der Waals surface area contributed by atoms with E-state index < -0.39 is 12.1 Å². The second kappa shape index (κ2) is 10.8. The fraction of sp³-hybridized carbons (Fsp3) is 0.524. The highest BCUT2D eigenvalue weighted by Crippen LogP contribution is 2.23. The normalized spacial score (nSPS) is 18.4. The van der Waals surface area contributed by atoms with E-state index in [1.807, 2.05) is 17.1 Å². The maximum atomic E-state index is 12.9. The smallest absolute Gasteiger partial charge is 0.303 e. The van der Waals surface area contributed by atoms with Gasteiger partial charge in [0.2, 0.25) is 5.91 Å². The minimum atomic E-state index is -0.794. The van der Waals surface area contributed by atoms with E-state index in [0.29, 0.717) is 38.6 Å². The first-order chi connectivity index (χ1) is 13.0. The number of carbonyl (C=O) groups excluding carboxylic acids is 1. The number of aliphatic carboxylic acids is 1. The van der Waals surface area contributed by atoms with Crippen molar-refractivity contribution in [2.75, 3.05) is 6.54 Å². The SMILES string of the molecule is O=C(O)CCCC=CCN1C(=O)CC[C@@H]1CC[C@@H](O)Cc1ccc(F)cc1. The number of carbonyl (C=O) groups is 2. The minimum absolute atomic E-state index is 0.128. The Morgan fingerprint density at radius 1 is 1.30 bits per heavy atom. The van der Waals surface area contributed by atoms with Gasteiger partial charge in [-0.3, -0.25) is 9.59 Å². The lowest BCUT2D eigenvalue weighted by Gasteiger charge is -2.24. The summed E-state index contributed by atoms with van der Waals surface area (Å²) in [6.07, 6.45) is 7.91. The van der Waals surface area contributed by atoms with Crippen LogP contribution in [0, 0.1) is 5.82 Å². The molecule has 5 nitrogen and oxygen atoms in total. The molecule has 6 heteroatoms. The Bertz CT molecular complexity index is 644. The number of benzene rings is 1. The molecule has 1 aromatic rings. The van der Waals surface area contributed by atoms with Gasteiger partial charge < -0.3 is 15.1 Å². The summed E-state index contributed by atoms with van der Waals surface area (Å²) in [4.78, 5) is 24.4. The Morgan fingerprint density at radius 3 is 2.74 bits per heavy atom. The second-order valence-corrected chi connectivity index (χ2v) is 7.06. The van der Waals surface area contributed by atoms with Gasteiger partial charge in [0.25, 0.3) is 0 Å². The molecule has 1 heterocycles. The van der Waals surface area contributed by atoms with Crippen LogP contribution in [0.4, 0.5) is 4.39 Å². The number of carboxylic acid groups (broad SMARTS) is 1. The van der Waals surface area contributed by atoms with Crippen LogP contribution in [0.3, 0.4) is 0 Å². The summed E-state index contributed by atoms with van der Waals surface area (Å²) in [6.45, 7) is 0.532. The van der Waals surface area contributed by atoms with E-state index in [2.05, 4.69) is 0 Å². The van der Waals surface area contributed by atoms with E-state index in [4.69, 9.17) is 5.11 Å². The Hall–Kier alpha value is -2.21. The number of halogens is 1. The highest BCUT2D eigenvalue weighted by molar-refractivity contribution is 5.78. The molecule has 1 aliphatic heterocycles. The van der Waals surface area contributed by atoms with Gasteiger partial charge in [0.05, 0.1) is 6.10 Å². The fourth-order valence-corrected chi connectivity index (χ4v) is 3.40. The molecule has 0 radical (unpaired) electrons. The Morgan fingerprint density at radius 2 is 2.04 bits per heavy atom. The number of rotatable bonds is 11. The van der Waals surface area contributed by atoms with Gasteiger partial charge in [0.15, 0.2) is 0 Å². The summed E-state index contributed by atoms with van der Waals surface area (Å²) in [6, 6.07) is 6.27. The summed E-state index contributed by atoms with van der Waals surface area (Å²) in [5, 5.41) is 18.9. The molecule has 2 rings (SSSR count). The molecular formula is C21H28FNO4. The van der Waals surface area contributed by atoms with Gasteiger partial charge in [-0.1, -0.05) is 24.3 Å². The number of allylic oxidation sites excluding steroid dienone is 1. The van der Waals surface area contributed by atoms with Gasteiger partial charge in [0.1, 0.15) is 5.82 Å². The molecule has 2 atom stereocenters. The van der Waals surface area contributed by atoms with E-state index in [1.165, 1.54) is 12.1 Å². The van der Waals surface area contributed by atoms with Crippen molar-refractivity contribution >= 4 is 11.9 Å². The largest absolute Gasteiger partial charge is 0.481 e. The average molecular weight is 377 g/mol. The first kappa shape index (κ1) is 21.1. The summed E-state index contributed by atoms with van der Waals surface area (Å²) >= 11 is 0. The van der Waals surface area contributed by atoms with Gasteiger partial charge in [-0.25, -0.2) is 4.39 Å². The van der Waals surface area contributed by atoms with E-state index >= 15 is 0 Å². The van der Waals surface area contributed by atoms with Gasteiger partial charge >= 0.3 is 5.97 Å². The van der Waals surface area contributed by atoms with E-state index in [-0.39, 0.29) is 24.2 Å². The van der Waals surface area contributed by atoms with Crippen LogP contribution in [-0.4, -0.2) is 45.7 Å². The average Bonchev–Trinajstić information content (AvgIpc) is 2.98. The third-order valence-electron chi connectivity index (χ3n) is 4.90. The predicted octanol–water partition coefficient (Wildman–Crippen LogP) is 3.31. The highest BCUT2D eigenvalue weighted by Gasteiger charge is 2.29. The van der Waals surface area contributed by atoms with Crippen LogP contribution >= 0.6 is 0 Å². The van der Waals surface area contributed by atoms with Crippen molar-refractivity contribution in [2.24, 2.45) is 0 Å². The van der Waals surface area contributed by atoms with Crippen molar-refractivity contribution in [1.82, 2.24) is 4.90 Å². The van der Waals surface area contributed by atoms with Gasteiger partial charge in [-0.15, -0.1) is 0 Å². The van der Waals surface area contributed by atoms with Crippen molar-refractivity contribution in [3.8, 4) is 0 Å². The molecule has 0 bridgehead atoms. The van der Waals surface area contributed by atoms with Crippen molar-refractivity contribution in [3.05, 3.63) is 47.8 Å². The third-order valence-corrected chi connectivity index (χ3v) is 4.90. The fourth-order valence-electron chi connectivity index (χ4n) is 3.40. The molecule has 1 aliphatic rings. The predicted molar refractivity (Wildman–Crippen MR) is 101 cm³/mol. The van der Waals surface area contributed by atoms with E-state index in [9.17, 15) is 19.1 Å². The molecule has 1 fully saturated rings. The number of nitrogens with zero attached hydrogens (tertiary/aromatic N) is 1. The molecule has 1 aromatic carbocycles. The molecule has 148 valence electrons. The lowest BCUT2D eigenvalue weighted by atomic mass is 10.0. The highest BCUT2D eigenvalue weighted by atomic mass is 19.1. The zero-order chi connectivity index (χ0) is 19.6.